The molecule has 0 atom stereocenters. The van der Waals surface area contributed by atoms with E-state index in [2.05, 4.69) is 32.5 Å². The van der Waals surface area contributed by atoms with Crippen LogP contribution in [0.2, 0.25) is 10.2 Å². The number of nitrogens with zero attached hydrogens (tertiary/aromatic N) is 4. The summed E-state index contributed by atoms with van der Waals surface area (Å²) in [6.45, 7) is 4.46. The molecule has 5 rings (SSSR count). The molecule has 3 aromatic rings. The Morgan fingerprint density at radius 1 is 0.971 bits per heavy atom. The summed E-state index contributed by atoms with van der Waals surface area (Å²) in [7, 11) is 0. The molecule has 0 bridgehead atoms. The number of nitrogens with one attached hydrogen (secondary N) is 1. The molecular formula is C25H25Cl2N5O2. The van der Waals surface area contributed by atoms with Gasteiger partial charge in [-0.05, 0) is 80.0 Å². The van der Waals surface area contributed by atoms with Crippen molar-refractivity contribution < 1.29 is 9.53 Å². The summed E-state index contributed by atoms with van der Waals surface area (Å²) in [4.78, 5) is 16.8. The van der Waals surface area contributed by atoms with E-state index in [-0.39, 0.29) is 11.4 Å². The van der Waals surface area contributed by atoms with Crippen molar-refractivity contribution in [3.8, 4) is 11.5 Å². The van der Waals surface area contributed by atoms with Crippen molar-refractivity contribution in [1.82, 2.24) is 20.0 Å². The van der Waals surface area contributed by atoms with E-state index in [1.807, 2.05) is 41.3 Å². The second-order valence-electron chi connectivity index (χ2n) is 9.01. The van der Waals surface area contributed by atoms with Crippen LogP contribution in [0, 0.1) is 5.41 Å². The zero-order valence-corrected chi connectivity index (χ0v) is 20.1. The fourth-order valence-electron chi connectivity index (χ4n) is 4.58. The lowest BCUT2D eigenvalue weighted by molar-refractivity contribution is -0.0200. The highest BCUT2D eigenvalue weighted by atomic mass is 35.5. The molecule has 7 nitrogen and oxygen atoms in total. The highest BCUT2D eigenvalue weighted by Crippen LogP contribution is 2.41. The molecule has 2 aliphatic rings. The van der Waals surface area contributed by atoms with E-state index in [1.165, 1.54) is 5.56 Å². The number of benzene rings is 2. The van der Waals surface area contributed by atoms with Gasteiger partial charge in [-0.3, -0.25) is 10.2 Å². The molecule has 0 saturated carbocycles. The van der Waals surface area contributed by atoms with E-state index in [4.69, 9.17) is 27.9 Å². The first-order valence-electron chi connectivity index (χ1n) is 11.3. The number of amides is 2. The van der Waals surface area contributed by atoms with Crippen molar-refractivity contribution >= 4 is 35.1 Å². The SMILES string of the molecule is O=C(Nc1ccc(Cl)nn1)N1CC2(CCN(Cc3cccc(Oc4ccc(Cl)cc4)c3)CC2)C1. The number of likely N-dealkylation sites (tertiary alicyclic amines) is 2. The Morgan fingerprint density at radius 3 is 2.44 bits per heavy atom. The molecule has 34 heavy (non-hydrogen) atoms. The van der Waals surface area contributed by atoms with Crippen LogP contribution in [0.1, 0.15) is 18.4 Å². The van der Waals surface area contributed by atoms with Crippen LogP contribution in [0.5, 0.6) is 11.5 Å². The molecule has 176 valence electrons. The molecule has 2 aromatic carbocycles. The van der Waals surface area contributed by atoms with Crippen LogP contribution in [0.25, 0.3) is 0 Å². The van der Waals surface area contributed by atoms with E-state index in [9.17, 15) is 4.79 Å². The van der Waals surface area contributed by atoms with Crippen molar-refractivity contribution in [3.05, 3.63) is 76.4 Å². The lowest BCUT2D eigenvalue weighted by Gasteiger charge is -2.53. The number of halogens is 2. The van der Waals surface area contributed by atoms with E-state index in [1.54, 1.807) is 12.1 Å². The fourth-order valence-corrected chi connectivity index (χ4v) is 4.81. The number of anilines is 1. The Morgan fingerprint density at radius 2 is 1.74 bits per heavy atom. The van der Waals surface area contributed by atoms with E-state index < -0.39 is 0 Å². The van der Waals surface area contributed by atoms with Crippen LogP contribution in [-0.2, 0) is 6.54 Å². The Balaban J connectivity index is 1.09. The van der Waals surface area contributed by atoms with Crippen LogP contribution >= 0.6 is 23.2 Å². The van der Waals surface area contributed by atoms with Crippen molar-refractivity contribution in [2.45, 2.75) is 19.4 Å². The van der Waals surface area contributed by atoms with Gasteiger partial charge < -0.3 is 9.64 Å². The van der Waals surface area contributed by atoms with E-state index in [0.717, 1.165) is 57.1 Å². The number of hydrogen-bond donors (Lipinski definition) is 1. The quantitative estimate of drug-likeness (QED) is 0.488. The molecule has 0 unspecified atom stereocenters. The smallest absolute Gasteiger partial charge is 0.323 e. The first kappa shape index (κ1) is 22.9. The summed E-state index contributed by atoms with van der Waals surface area (Å²) in [6, 6.07) is 18.7. The maximum atomic E-state index is 12.5. The molecule has 2 aliphatic heterocycles. The standard InChI is InChI=1S/C25H25Cl2N5O2/c26-19-4-6-20(7-5-19)34-21-3-1-2-18(14-21)15-31-12-10-25(11-13-31)16-32(17-25)24(33)28-23-9-8-22(27)29-30-23/h1-9,14H,10-13,15-17H2,(H,28,30,33). The Hall–Kier alpha value is -2.87. The van der Waals surface area contributed by atoms with E-state index in [0.29, 0.717) is 16.0 Å². The van der Waals surface area contributed by atoms with Crippen LogP contribution in [0.4, 0.5) is 10.6 Å². The molecule has 1 N–H and O–H groups in total. The van der Waals surface area contributed by atoms with Crippen molar-refractivity contribution in [2.75, 3.05) is 31.5 Å². The number of aromatic nitrogens is 2. The summed E-state index contributed by atoms with van der Waals surface area (Å²) >= 11 is 11.7. The molecule has 0 aliphatic carbocycles. The van der Waals surface area contributed by atoms with Crippen LogP contribution in [-0.4, -0.2) is 52.2 Å². The molecule has 2 saturated heterocycles. The zero-order chi connectivity index (χ0) is 23.5. The first-order valence-corrected chi connectivity index (χ1v) is 12.0. The highest BCUT2D eigenvalue weighted by molar-refractivity contribution is 6.30. The predicted molar refractivity (Wildman–Crippen MR) is 133 cm³/mol. The maximum Gasteiger partial charge on any atom is 0.323 e. The Kier molecular flexibility index (Phi) is 6.59. The lowest BCUT2D eigenvalue weighted by Crippen LogP contribution is -2.62. The largest absolute Gasteiger partial charge is 0.457 e. The molecule has 2 amide bonds. The molecule has 3 heterocycles. The van der Waals surface area contributed by atoms with Gasteiger partial charge in [-0.2, -0.15) is 0 Å². The van der Waals surface area contributed by atoms with Gasteiger partial charge in [0.05, 0.1) is 0 Å². The van der Waals surface area contributed by atoms with Crippen molar-refractivity contribution in [3.63, 3.8) is 0 Å². The Labute approximate surface area is 208 Å². The van der Waals surface area contributed by atoms with Crippen LogP contribution in [0.3, 0.4) is 0 Å². The molecule has 2 fully saturated rings. The summed E-state index contributed by atoms with van der Waals surface area (Å²) < 4.78 is 5.97. The third-order valence-electron chi connectivity index (χ3n) is 6.48. The fraction of sp³-hybridized carbons (Fsp3) is 0.320. The Bertz CT molecular complexity index is 1140. The normalized spacial score (nSPS) is 17.3. The molecule has 1 aromatic heterocycles. The number of ether oxygens (including phenoxy) is 1. The molecule has 0 radical (unpaired) electrons. The number of hydrogen-bond acceptors (Lipinski definition) is 5. The van der Waals surface area contributed by atoms with Gasteiger partial charge >= 0.3 is 6.03 Å². The highest BCUT2D eigenvalue weighted by Gasteiger charge is 2.46. The number of urea groups is 1. The van der Waals surface area contributed by atoms with Gasteiger partial charge in [0.25, 0.3) is 0 Å². The van der Waals surface area contributed by atoms with Gasteiger partial charge in [-0.25, -0.2) is 4.79 Å². The minimum absolute atomic E-state index is 0.137. The maximum absolute atomic E-state index is 12.5. The number of carbonyl (C=O) groups is 1. The molecule has 1 spiro atoms. The average Bonchev–Trinajstić information content (AvgIpc) is 2.81. The predicted octanol–water partition coefficient (Wildman–Crippen LogP) is 5.71. The first-order chi connectivity index (χ1) is 16.5. The molecule has 9 heteroatoms. The monoisotopic (exact) mass is 497 g/mol. The van der Waals surface area contributed by atoms with Crippen LogP contribution in [0.15, 0.2) is 60.7 Å². The van der Waals surface area contributed by atoms with Crippen LogP contribution < -0.4 is 10.1 Å². The minimum Gasteiger partial charge on any atom is -0.457 e. The number of carbonyl (C=O) groups excluding carboxylic acids is 1. The lowest BCUT2D eigenvalue weighted by atomic mass is 9.72. The third kappa shape index (κ3) is 5.43. The summed E-state index contributed by atoms with van der Waals surface area (Å²) in [5, 5.41) is 11.4. The molecular weight excluding hydrogens is 473 g/mol. The van der Waals surface area contributed by atoms with E-state index >= 15 is 0 Å². The number of rotatable bonds is 5. The minimum atomic E-state index is -0.137. The van der Waals surface area contributed by atoms with Gasteiger partial charge in [0.15, 0.2) is 11.0 Å². The number of piperidine rings is 1. The third-order valence-corrected chi connectivity index (χ3v) is 6.93. The van der Waals surface area contributed by atoms with Gasteiger partial charge in [0.1, 0.15) is 11.5 Å². The van der Waals surface area contributed by atoms with Crippen molar-refractivity contribution in [2.24, 2.45) is 5.41 Å². The van der Waals surface area contributed by atoms with Gasteiger partial charge in [-0.1, -0.05) is 35.3 Å². The average molecular weight is 498 g/mol. The summed E-state index contributed by atoms with van der Waals surface area (Å²) in [5.41, 5.74) is 1.44. The second-order valence-corrected chi connectivity index (χ2v) is 9.83. The zero-order valence-electron chi connectivity index (χ0n) is 18.6. The van der Waals surface area contributed by atoms with Crippen molar-refractivity contribution in [1.29, 1.82) is 0 Å². The summed E-state index contributed by atoms with van der Waals surface area (Å²) in [6.07, 6.45) is 2.16. The van der Waals surface area contributed by atoms with Gasteiger partial charge in [0.2, 0.25) is 0 Å². The second kappa shape index (κ2) is 9.78. The summed E-state index contributed by atoms with van der Waals surface area (Å²) in [5.74, 6) is 2.00. The topological polar surface area (TPSA) is 70.6 Å². The van der Waals surface area contributed by atoms with Gasteiger partial charge in [0, 0.05) is 30.1 Å². The van der Waals surface area contributed by atoms with Gasteiger partial charge in [-0.15, -0.1) is 10.2 Å².